The van der Waals surface area contributed by atoms with Gasteiger partial charge in [-0.15, -0.1) is 0 Å². The summed E-state index contributed by atoms with van der Waals surface area (Å²) in [6.07, 6.45) is 8.32. The van der Waals surface area contributed by atoms with Gasteiger partial charge in [-0.3, -0.25) is 0 Å². The number of rotatable bonds is 5. The predicted octanol–water partition coefficient (Wildman–Crippen LogP) is 1.63. The zero-order valence-electron chi connectivity index (χ0n) is 10.6. The first kappa shape index (κ1) is 12.3. The summed E-state index contributed by atoms with van der Waals surface area (Å²) in [5.74, 6) is 0. The Kier molecular flexibility index (Phi) is 5.07. The van der Waals surface area contributed by atoms with Gasteiger partial charge in [-0.1, -0.05) is 0 Å². The molecule has 2 fully saturated rings. The zero-order valence-corrected chi connectivity index (χ0v) is 10.6. The van der Waals surface area contributed by atoms with Crippen molar-refractivity contribution in [1.29, 1.82) is 0 Å². The first-order valence-electron chi connectivity index (χ1n) is 6.89. The molecule has 0 aromatic heterocycles. The molecule has 94 valence electrons. The topological polar surface area (TPSA) is 24.5 Å². The van der Waals surface area contributed by atoms with Crippen LogP contribution in [0, 0.1) is 0 Å². The SMILES string of the molecule is CN(CCC[C@H]1CCCO1)C1CCNCC1. The second-order valence-corrected chi connectivity index (χ2v) is 5.24. The van der Waals surface area contributed by atoms with Gasteiger partial charge in [0, 0.05) is 12.6 Å². The highest BCUT2D eigenvalue weighted by molar-refractivity contribution is 4.76. The van der Waals surface area contributed by atoms with E-state index < -0.39 is 0 Å². The number of hydrogen-bond acceptors (Lipinski definition) is 3. The van der Waals surface area contributed by atoms with Crippen LogP contribution in [0.3, 0.4) is 0 Å². The Hall–Kier alpha value is -0.120. The van der Waals surface area contributed by atoms with Crippen molar-refractivity contribution in [1.82, 2.24) is 10.2 Å². The molecule has 0 aliphatic carbocycles. The van der Waals surface area contributed by atoms with E-state index in [0.29, 0.717) is 6.10 Å². The van der Waals surface area contributed by atoms with E-state index in [9.17, 15) is 0 Å². The summed E-state index contributed by atoms with van der Waals surface area (Å²) in [4.78, 5) is 2.55. The number of ether oxygens (including phenoxy) is 1. The van der Waals surface area contributed by atoms with Gasteiger partial charge in [-0.05, 0) is 65.2 Å². The van der Waals surface area contributed by atoms with Crippen molar-refractivity contribution in [3.63, 3.8) is 0 Å². The van der Waals surface area contributed by atoms with E-state index in [1.54, 1.807) is 0 Å². The van der Waals surface area contributed by atoms with Crippen LogP contribution in [0.15, 0.2) is 0 Å². The number of nitrogens with one attached hydrogen (secondary N) is 1. The van der Waals surface area contributed by atoms with Crippen molar-refractivity contribution in [3.8, 4) is 0 Å². The third kappa shape index (κ3) is 3.72. The fraction of sp³-hybridized carbons (Fsp3) is 1.00. The van der Waals surface area contributed by atoms with Gasteiger partial charge >= 0.3 is 0 Å². The third-order valence-corrected chi connectivity index (χ3v) is 3.99. The van der Waals surface area contributed by atoms with Crippen molar-refractivity contribution in [2.45, 2.75) is 50.7 Å². The fourth-order valence-electron chi connectivity index (χ4n) is 2.87. The Morgan fingerprint density at radius 1 is 1.25 bits per heavy atom. The molecule has 0 spiro atoms. The standard InChI is InChI=1S/C13H26N2O/c1-15(12-6-8-14-9-7-12)10-2-4-13-5-3-11-16-13/h12-14H,2-11H2,1H3/t13-/m0/s1. The van der Waals surface area contributed by atoms with E-state index >= 15 is 0 Å². The fourth-order valence-corrected chi connectivity index (χ4v) is 2.87. The lowest BCUT2D eigenvalue weighted by Gasteiger charge is -2.31. The molecule has 2 aliphatic heterocycles. The molecule has 3 nitrogen and oxygen atoms in total. The molecule has 0 amide bonds. The van der Waals surface area contributed by atoms with E-state index in [1.807, 2.05) is 0 Å². The van der Waals surface area contributed by atoms with Crippen molar-refractivity contribution in [3.05, 3.63) is 0 Å². The number of nitrogens with zero attached hydrogens (tertiary/aromatic N) is 1. The van der Waals surface area contributed by atoms with Gasteiger partial charge in [0.2, 0.25) is 0 Å². The van der Waals surface area contributed by atoms with Gasteiger partial charge in [0.25, 0.3) is 0 Å². The quantitative estimate of drug-likeness (QED) is 0.771. The Balaban J connectivity index is 1.57. The monoisotopic (exact) mass is 226 g/mol. The maximum absolute atomic E-state index is 5.65. The van der Waals surface area contributed by atoms with E-state index in [0.717, 1.165) is 12.6 Å². The summed E-state index contributed by atoms with van der Waals surface area (Å²) in [6.45, 7) is 4.63. The molecular weight excluding hydrogens is 200 g/mol. The molecular formula is C13H26N2O. The Morgan fingerprint density at radius 2 is 2.06 bits per heavy atom. The molecule has 0 unspecified atom stereocenters. The highest BCUT2D eigenvalue weighted by atomic mass is 16.5. The van der Waals surface area contributed by atoms with Crippen LogP contribution in [0.1, 0.15) is 38.5 Å². The van der Waals surface area contributed by atoms with Crippen LogP contribution in [-0.2, 0) is 4.74 Å². The molecule has 2 saturated heterocycles. The molecule has 1 atom stereocenters. The molecule has 2 aliphatic rings. The summed E-state index contributed by atoms with van der Waals surface area (Å²) < 4.78 is 5.65. The molecule has 0 aromatic carbocycles. The van der Waals surface area contributed by atoms with Crippen molar-refractivity contribution >= 4 is 0 Å². The van der Waals surface area contributed by atoms with E-state index in [1.165, 1.54) is 58.2 Å². The molecule has 16 heavy (non-hydrogen) atoms. The Labute approximate surface area is 99.5 Å². The summed E-state index contributed by atoms with van der Waals surface area (Å²) in [5.41, 5.74) is 0. The first-order chi connectivity index (χ1) is 7.86. The first-order valence-corrected chi connectivity index (χ1v) is 6.89. The van der Waals surface area contributed by atoms with Crippen molar-refractivity contribution in [2.24, 2.45) is 0 Å². The van der Waals surface area contributed by atoms with Crippen molar-refractivity contribution in [2.75, 3.05) is 33.3 Å². The van der Waals surface area contributed by atoms with Crippen LogP contribution in [0.25, 0.3) is 0 Å². The maximum Gasteiger partial charge on any atom is 0.0576 e. The van der Waals surface area contributed by atoms with Crippen LogP contribution >= 0.6 is 0 Å². The predicted molar refractivity (Wildman–Crippen MR) is 66.7 cm³/mol. The third-order valence-electron chi connectivity index (χ3n) is 3.99. The van der Waals surface area contributed by atoms with Gasteiger partial charge in [-0.2, -0.15) is 0 Å². The lowest BCUT2D eigenvalue weighted by atomic mass is 10.0. The normalized spacial score (nSPS) is 27.8. The van der Waals surface area contributed by atoms with E-state index in [2.05, 4.69) is 17.3 Å². The van der Waals surface area contributed by atoms with Crippen LogP contribution < -0.4 is 5.32 Å². The van der Waals surface area contributed by atoms with Crippen LogP contribution in [-0.4, -0.2) is 50.3 Å². The second kappa shape index (κ2) is 6.58. The second-order valence-electron chi connectivity index (χ2n) is 5.24. The zero-order chi connectivity index (χ0) is 11.2. The number of piperidine rings is 1. The molecule has 0 bridgehead atoms. The lowest BCUT2D eigenvalue weighted by Crippen LogP contribution is -2.41. The highest BCUT2D eigenvalue weighted by Crippen LogP contribution is 2.17. The molecule has 3 heteroatoms. The minimum atomic E-state index is 0.571. The lowest BCUT2D eigenvalue weighted by molar-refractivity contribution is 0.0966. The van der Waals surface area contributed by atoms with E-state index in [4.69, 9.17) is 4.74 Å². The summed E-state index contributed by atoms with van der Waals surface area (Å²) in [6, 6.07) is 0.811. The van der Waals surface area contributed by atoms with Gasteiger partial charge in [0.05, 0.1) is 6.10 Å². The van der Waals surface area contributed by atoms with Gasteiger partial charge in [-0.25, -0.2) is 0 Å². The smallest absolute Gasteiger partial charge is 0.0576 e. The highest BCUT2D eigenvalue weighted by Gasteiger charge is 2.19. The van der Waals surface area contributed by atoms with Crippen molar-refractivity contribution < 1.29 is 4.74 Å². The molecule has 0 aromatic rings. The molecule has 1 N–H and O–H groups in total. The van der Waals surface area contributed by atoms with Gasteiger partial charge < -0.3 is 15.0 Å². The van der Waals surface area contributed by atoms with Gasteiger partial charge in [0.15, 0.2) is 0 Å². The maximum atomic E-state index is 5.65. The summed E-state index contributed by atoms with van der Waals surface area (Å²) in [7, 11) is 2.28. The number of hydrogen-bond donors (Lipinski definition) is 1. The molecule has 0 saturated carbocycles. The minimum absolute atomic E-state index is 0.571. The molecule has 0 radical (unpaired) electrons. The summed E-state index contributed by atoms with van der Waals surface area (Å²) in [5, 5.41) is 3.42. The van der Waals surface area contributed by atoms with Crippen LogP contribution in [0.5, 0.6) is 0 Å². The van der Waals surface area contributed by atoms with Crippen LogP contribution in [0.4, 0.5) is 0 Å². The molecule has 2 rings (SSSR count). The van der Waals surface area contributed by atoms with Gasteiger partial charge in [0.1, 0.15) is 0 Å². The summed E-state index contributed by atoms with van der Waals surface area (Å²) >= 11 is 0. The largest absolute Gasteiger partial charge is 0.378 e. The Bertz CT molecular complexity index is 186. The minimum Gasteiger partial charge on any atom is -0.378 e. The van der Waals surface area contributed by atoms with E-state index in [-0.39, 0.29) is 0 Å². The average Bonchev–Trinajstić information content (AvgIpc) is 2.83. The average molecular weight is 226 g/mol. The Morgan fingerprint density at radius 3 is 2.75 bits per heavy atom. The molecule has 2 heterocycles. The van der Waals surface area contributed by atoms with Crippen LogP contribution in [0.2, 0.25) is 0 Å².